The summed E-state index contributed by atoms with van der Waals surface area (Å²) in [5, 5.41) is 1.98. The zero-order chi connectivity index (χ0) is 17.1. The van der Waals surface area contributed by atoms with Crippen molar-refractivity contribution >= 4 is 27.7 Å². The standard InChI is InChI=1S/C18H16O6/c1-3-22-17(19)10-23-12-5-7-14-13-6-4-11(21-2)8-15(13)18(20)24-16(14)9-12/h4-9H,3,10H2,1-2H3. The van der Waals surface area contributed by atoms with Gasteiger partial charge in [0.05, 0.1) is 19.1 Å². The average molecular weight is 328 g/mol. The molecule has 6 nitrogen and oxygen atoms in total. The first-order valence-electron chi connectivity index (χ1n) is 7.45. The van der Waals surface area contributed by atoms with Gasteiger partial charge in [-0.05, 0) is 37.3 Å². The molecule has 0 amide bonds. The number of hydrogen-bond donors (Lipinski definition) is 0. The summed E-state index contributed by atoms with van der Waals surface area (Å²) >= 11 is 0. The van der Waals surface area contributed by atoms with Crippen LogP contribution in [0.1, 0.15) is 6.92 Å². The molecule has 24 heavy (non-hydrogen) atoms. The van der Waals surface area contributed by atoms with Crippen molar-refractivity contribution in [2.75, 3.05) is 20.3 Å². The molecule has 0 N–H and O–H groups in total. The number of fused-ring (bicyclic) bond motifs is 3. The summed E-state index contributed by atoms with van der Waals surface area (Å²) in [4.78, 5) is 23.5. The minimum absolute atomic E-state index is 0.200. The smallest absolute Gasteiger partial charge is 0.344 e. The maximum atomic E-state index is 12.2. The molecule has 0 spiro atoms. The van der Waals surface area contributed by atoms with Crippen LogP contribution in [0, 0.1) is 0 Å². The van der Waals surface area contributed by atoms with Gasteiger partial charge in [0.2, 0.25) is 0 Å². The van der Waals surface area contributed by atoms with E-state index in [1.807, 2.05) is 6.07 Å². The van der Waals surface area contributed by atoms with Crippen molar-refractivity contribution in [3.8, 4) is 11.5 Å². The third kappa shape index (κ3) is 3.03. The lowest BCUT2D eigenvalue weighted by atomic mass is 10.1. The van der Waals surface area contributed by atoms with E-state index in [9.17, 15) is 9.59 Å². The maximum absolute atomic E-state index is 12.2. The summed E-state index contributed by atoms with van der Waals surface area (Å²) in [5.74, 6) is 0.555. The Morgan fingerprint density at radius 2 is 1.79 bits per heavy atom. The molecule has 3 aromatic rings. The van der Waals surface area contributed by atoms with Crippen molar-refractivity contribution in [1.82, 2.24) is 0 Å². The predicted octanol–water partition coefficient (Wildman–Crippen LogP) is 2.90. The van der Waals surface area contributed by atoms with Gasteiger partial charge in [-0.1, -0.05) is 0 Å². The van der Waals surface area contributed by atoms with E-state index in [0.29, 0.717) is 29.1 Å². The highest BCUT2D eigenvalue weighted by molar-refractivity contribution is 6.04. The van der Waals surface area contributed by atoms with Gasteiger partial charge >= 0.3 is 11.6 Å². The van der Waals surface area contributed by atoms with Gasteiger partial charge in [0, 0.05) is 16.8 Å². The van der Waals surface area contributed by atoms with Gasteiger partial charge in [0.25, 0.3) is 0 Å². The summed E-state index contributed by atoms with van der Waals surface area (Å²) in [6, 6.07) is 10.3. The molecule has 0 radical (unpaired) electrons. The van der Waals surface area contributed by atoms with Crippen LogP contribution >= 0.6 is 0 Å². The van der Waals surface area contributed by atoms with Crippen molar-refractivity contribution in [3.63, 3.8) is 0 Å². The fourth-order valence-electron chi connectivity index (χ4n) is 2.45. The molecule has 6 heteroatoms. The molecule has 0 aliphatic carbocycles. The van der Waals surface area contributed by atoms with Crippen LogP contribution in [-0.2, 0) is 9.53 Å². The van der Waals surface area contributed by atoms with E-state index in [1.165, 1.54) is 7.11 Å². The number of methoxy groups -OCH3 is 1. The number of carbonyl (C=O) groups is 1. The second-order valence-electron chi connectivity index (χ2n) is 5.05. The van der Waals surface area contributed by atoms with Crippen LogP contribution in [0.2, 0.25) is 0 Å². The summed E-state index contributed by atoms with van der Waals surface area (Å²) in [5.41, 5.74) is -0.0713. The molecule has 0 unspecified atom stereocenters. The lowest BCUT2D eigenvalue weighted by molar-refractivity contribution is -0.145. The Balaban J connectivity index is 2.00. The number of ether oxygens (including phenoxy) is 3. The first kappa shape index (κ1) is 15.9. The molecule has 1 heterocycles. The summed E-state index contributed by atoms with van der Waals surface area (Å²) in [7, 11) is 1.54. The van der Waals surface area contributed by atoms with Crippen LogP contribution in [0.5, 0.6) is 11.5 Å². The maximum Gasteiger partial charge on any atom is 0.344 e. The van der Waals surface area contributed by atoms with E-state index < -0.39 is 11.6 Å². The zero-order valence-corrected chi connectivity index (χ0v) is 13.3. The predicted molar refractivity (Wildman–Crippen MR) is 88.7 cm³/mol. The lowest BCUT2D eigenvalue weighted by Crippen LogP contribution is -2.14. The summed E-state index contributed by atoms with van der Waals surface area (Å²) in [6.07, 6.45) is 0. The third-order valence-corrected chi connectivity index (χ3v) is 3.55. The molecule has 0 atom stereocenters. The topological polar surface area (TPSA) is 75.0 Å². The van der Waals surface area contributed by atoms with Crippen molar-refractivity contribution in [1.29, 1.82) is 0 Å². The normalized spacial score (nSPS) is 10.8. The Morgan fingerprint density at radius 3 is 2.54 bits per heavy atom. The molecule has 1 aromatic heterocycles. The van der Waals surface area contributed by atoms with Crippen LogP contribution in [0.3, 0.4) is 0 Å². The van der Waals surface area contributed by atoms with Crippen molar-refractivity contribution in [2.45, 2.75) is 6.92 Å². The molecule has 124 valence electrons. The van der Waals surface area contributed by atoms with E-state index in [0.717, 1.165) is 10.8 Å². The Morgan fingerprint density at radius 1 is 1.04 bits per heavy atom. The minimum Gasteiger partial charge on any atom is -0.497 e. The van der Waals surface area contributed by atoms with Gasteiger partial charge in [-0.25, -0.2) is 9.59 Å². The molecule has 0 aliphatic heterocycles. The first-order chi connectivity index (χ1) is 11.6. The minimum atomic E-state index is -0.459. The average Bonchev–Trinajstić information content (AvgIpc) is 2.60. The van der Waals surface area contributed by atoms with Crippen LogP contribution in [0.25, 0.3) is 21.7 Å². The second kappa shape index (κ2) is 6.62. The monoisotopic (exact) mass is 328 g/mol. The van der Waals surface area contributed by atoms with Gasteiger partial charge in [-0.15, -0.1) is 0 Å². The molecule has 0 saturated carbocycles. The zero-order valence-electron chi connectivity index (χ0n) is 13.3. The van der Waals surface area contributed by atoms with E-state index in [1.54, 1.807) is 37.3 Å². The van der Waals surface area contributed by atoms with Gasteiger partial charge < -0.3 is 18.6 Å². The van der Waals surface area contributed by atoms with Gasteiger partial charge in [-0.2, -0.15) is 0 Å². The Labute approximate surface area is 137 Å². The van der Waals surface area contributed by atoms with Gasteiger partial charge in [0.1, 0.15) is 17.1 Å². The molecule has 0 bridgehead atoms. The molecule has 0 saturated heterocycles. The summed E-state index contributed by atoms with van der Waals surface area (Å²) < 4.78 is 20.7. The van der Waals surface area contributed by atoms with E-state index in [4.69, 9.17) is 18.6 Å². The number of rotatable bonds is 5. The second-order valence-corrected chi connectivity index (χ2v) is 5.05. The molecular weight excluding hydrogens is 312 g/mol. The van der Waals surface area contributed by atoms with Crippen LogP contribution in [0.4, 0.5) is 0 Å². The molecular formula is C18H16O6. The molecule has 0 fully saturated rings. The van der Waals surface area contributed by atoms with Crippen LogP contribution < -0.4 is 15.1 Å². The largest absolute Gasteiger partial charge is 0.497 e. The Hall–Kier alpha value is -3.02. The van der Waals surface area contributed by atoms with Gasteiger partial charge in [-0.3, -0.25) is 0 Å². The molecule has 2 aromatic carbocycles. The van der Waals surface area contributed by atoms with Crippen molar-refractivity contribution < 1.29 is 23.4 Å². The van der Waals surface area contributed by atoms with E-state index >= 15 is 0 Å². The highest BCUT2D eigenvalue weighted by atomic mass is 16.6. The van der Waals surface area contributed by atoms with Crippen LogP contribution in [0.15, 0.2) is 45.6 Å². The fraction of sp³-hybridized carbons (Fsp3) is 0.222. The molecule has 3 rings (SSSR count). The quantitative estimate of drug-likeness (QED) is 0.407. The highest BCUT2D eigenvalue weighted by Crippen LogP contribution is 2.28. The lowest BCUT2D eigenvalue weighted by Gasteiger charge is -2.08. The van der Waals surface area contributed by atoms with Crippen molar-refractivity contribution in [2.24, 2.45) is 0 Å². The van der Waals surface area contributed by atoms with E-state index in [2.05, 4.69) is 0 Å². The number of esters is 1. The van der Waals surface area contributed by atoms with Gasteiger partial charge in [0.15, 0.2) is 6.61 Å². The molecule has 0 aliphatic rings. The SMILES string of the molecule is CCOC(=O)COc1ccc2c(c1)oc(=O)c1cc(OC)ccc12. The number of hydrogen-bond acceptors (Lipinski definition) is 6. The number of carbonyl (C=O) groups excluding carboxylic acids is 1. The Kier molecular flexibility index (Phi) is 4.37. The summed E-state index contributed by atoms with van der Waals surface area (Å²) in [6.45, 7) is 1.82. The third-order valence-electron chi connectivity index (χ3n) is 3.55. The van der Waals surface area contributed by atoms with E-state index in [-0.39, 0.29) is 6.61 Å². The Bertz CT molecular complexity index is 957. The fourth-order valence-corrected chi connectivity index (χ4v) is 2.45. The first-order valence-corrected chi connectivity index (χ1v) is 7.45. The van der Waals surface area contributed by atoms with Crippen molar-refractivity contribution in [3.05, 3.63) is 46.8 Å². The number of benzene rings is 2. The van der Waals surface area contributed by atoms with Crippen LogP contribution in [-0.4, -0.2) is 26.3 Å². The highest BCUT2D eigenvalue weighted by Gasteiger charge is 2.10.